The number of hydrogen-bond donors (Lipinski definition) is 1. The van der Waals surface area contributed by atoms with E-state index in [4.69, 9.17) is 16.9 Å². The molecule has 0 aliphatic carbocycles. The number of nitrogens with one attached hydrogen (secondary N) is 1. The molecule has 108 valence electrons. The normalized spacial score (nSPS) is 11.0. The fraction of sp³-hybridized carbons (Fsp3) is 0.0714. The summed E-state index contributed by atoms with van der Waals surface area (Å²) in [7, 11) is -3.85. The lowest BCUT2D eigenvalue weighted by Crippen LogP contribution is -2.13. The average Bonchev–Trinajstić information content (AvgIpc) is 2.43. The van der Waals surface area contributed by atoms with Crippen molar-refractivity contribution < 1.29 is 8.42 Å². The van der Waals surface area contributed by atoms with E-state index in [-0.39, 0.29) is 15.5 Å². The Morgan fingerprint density at radius 3 is 2.57 bits per heavy atom. The van der Waals surface area contributed by atoms with Crippen LogP contribution in [0.25, 0.3) is 0 Å². The molecule has 0 saturated carbocycles. The Balaban J connectivity index is 2.43. The number of sulfonamides is 1. The van der Waals surface area contributed by atoms with Crippen molar-refractivity contribution in [3.63, 3.8) is 0 Å². The smallest absolute Gasteiger partial charge is 0.263 e. The van der Waals surface area contributed by atoms with Crippen LogP contribution in [0, 0.1) is 18.3 Å². The van der Waals surface area contributed by atoms with Gasteiger partial charge in [0.25, 0.3) is 10.0 Å². The molecule has 0 heterocycles. The first-order chi connectivity index (χ1) is 9.83. The molecule has 0 spiro atoms. The van der Waals surface area contributed by atoms with E-state index in [0.29, 0.717) is 5.69 Å². The van der Waals surface area contributed by atoms with Gasteiger partial charge in [-0.15, -0.1) is 0 Å². The van der Waals surface area contributed by atoms with Gasteiger partial charge in [-0.05, 0) is 48.9 Å². The molecule has 21 heavy (non-hydrogen) atoms. The Hall–Kier alpha value is -1.55. The summed E-state index contributed by atoms with van der Waals surface area (Å²) in [5.41, 5.74) is 1.55. The molecular formula is C14H10BrClN2O2S. The average molecular weight is 386 g/mol. The number of aryl methyl sites for hydroxylation is 1. The molecule has 0 saturated heterocycles. The van der Waals surface area contributed by atoms with Crippen LogP contribution in [0.4, 0.5) is 5.69 Å². The molecule has 0 atom stereocenters. The van der Waals surface area contributed by atoms with Gasteiger partial charge < -0.3 is 0 Å². The van der Waals surface area contributed by atoms with Crippen LogP contribution >= 0.6 is 27.5 Å². The molecule has 0 bridgehead atoms. The van der Waals surface area contributed by atoms with Crippen molar-refractivity contribution in [1.82, 2.24) is 0 Å². The molecule has 2 aromatic carbocycles. The second-order valence-corrected chi connectivity index (χ2v) is 7.24. The van der Waals surface area contributed by atoms with Crippen molar-refractivity contribution in [2.45, 2.75) is 11.8 Å². The van der Waals surface area contributed by atoms with E-state index in [1.807, 2.05) is 13.0 Å². The number of anilines is 1. The van der Waals surface area contributed by atoms with Crippen LogP contribution in [0.2, 0.25) is 5.02 Å². The number of rotatable bonds is 3. The number of benzene rings is 2. The van der Waals surface area contributed by atoms with Gasteiger partial charge in [0.1, 0.15) is 4.90 Å². The maximum Gasteiger partial charge on any atom is 0.263 e. The largest absolute Gasteiger partial charge is 0.280 e. The van der Waals surface area contributed by atoms with Crippen molar-refractivity contribution in [1.29, 1.82) is 5.26 Å². The van der Waals surface area contributed by atoms with Gasteiger partial charge in [0.05, 0.1) is 16.7 Å². The van der Waals surface area contributed by atoms with E-state index < -0.39 is 10.0 Å². The number of nitriles is 1. The molecule has 0 radical (unpaired) electrons. The minimum atomic E-state index is -3.85. The highest BCUT2D eigenvalue weighted by molar-refractivity contribution is 9.10. The van der Waals surface area contributed by atoms with Gasteiger partial charge in [0.15, 0.2) is 0 Å². The first-order valence-corrected chi connectivity index (χ1v) is 8.47. The van der Waals surface area contributed by atoms with E-state index in [1.165, 1.54) is 18.2 Å². The molecular weight excluding hydrogens is 376 g/mol. The van der Waals surface area contributed by atoms with Crippen molar-refractivity contribution in [3.8, 4) is 6.07 Å². The Kier molecular flexibility index (Phi) is 4.57. The van der Waals surface area contributed by atoms with Gasteiger partial charge in [-0.3, -0.25) is 4.72 Å². The molecule has 2 aromatic rings. The zero-order valence-electron chi connectivity index (χ0n) is 10.9. The first-order valence-electron chi connectivity index (χ1n) is 5.82. The fourth-order valence-corrected chi connectivity index (χ4v) is 3.52. The lowest BCUT2D eigenvalue weighted by atomic mass is 10.2. The van der Waals surface area contributed by atoms with Crippen LogP contribution in [0.5, 0.6) is 0 Å². The van der Waals surface area contributed by atoms with Gasteiger partial charge in [0, 0.05) is 10.2 Å². The van der Waals surface area contributed by atoms with E-state index in [9.17, 15) is 8.42 Å². The predicted octanol–water partition coefficient (Wildman–Crippen LogP) is 4.08. The predicted molar refractivity (Wildman–Crippen MR) is 85.9 cm³/mol. The topological polar surface area (TPSA) is 70.0 Å². The number of hydrogen-bond acceptors (Lipinski definition) is 3. The Bertz CT molecular complexity index is 845. The van der Waals surface area contributed by atoms with Crippen LogP contribution in [0.3, 0.4) is 0 Å². The van der Waals surface area contributed by atoms with Crippen LogP contribution in [-0.4, -0.2) is 8.42 Å². The second kappa shape index (κ2) is 6.06. The molecule has 0 amide bonds. The van der Waals surface area contributed by atoms with Crippen molar-refractivity contribution >= 4 is 43.2 Å². The highest BCUT2D eigenvalue weighted by atomic mass is 79.9. The van der Waals surface area contributed by atoms with Crippen LogP contribution in [0.1, 0.15) is 11.1 Å². The third kappa shape index (κ3) is 3.56. The summed E-state index contributed by atoms with van der Waals surface area (Å²) < 4.78 is 28.1. The Morgan fingerprint density at radius 2 is 1.95 bits per heavy atom. The van der Waals surface area contributed by atoms with Crippen molar-refractivity contribution in [2.24, 2.45) is 0 Å². The van der Waals surface area contributed by atoms with Gasteiger partial charge in [0.2, 0.25) is 0 Å². The molecule has 0 aliphatic rings. The summed E-state index contributed by atoms with van der Waals surface area (Å²) in [5.74, 6) is 0. The molecule has 1 N–H and O–H groups in total. The van der Waals surface area contributed by atoms with Gasteiger partial charge >= 0.3 is 0 Å². The molecule has 0 unspecified atom stereocenters. The van der Waals surface area contributed by atoms with Gasteiger partial charge in [-0.1, -0.05) is 27.5 Å². The quantitative estimate of drug-likeness (QED) is 0.865. The van der Waals surface area contributed by atoms with Crippen LogP contribution in [-0.2, 0) is 10.0 Å². The van der Waals surface area contributed by atoms with E-state index >= 15 is 0 Å². The van der Waals surface area contributed by atoms with Gasteiger partial charge in [-0.2, -0.15) is 5.26 Å². The van der Waals surface area contributed by atoms with Crippen molar-refractivity contribution in [3.05, 3.63) is 57.0 Å². The van der Waals surface area contributed by atoms with E-state index in [1.54, 1.807) is 18.2 Å². The second-order valence-electron chi connectivity index (χ2n) is 4.33. The lowest BCUT2D eigenvalue weighted by molar-refractivity contribution is 0.601. The minimum absolute atomic E-state index is 0.0651. The summed E-state index contributed by atoms with van der Waals surface area (Å²) in [6.07, 6.45) is 0. The standard InChI is InChI=1S/C14H10BrClN2O2S/c1-9-6-11(3-4-12(9)15)18-21(19,20)14-7-10(8-17)2-5-13(14)16/h2-7,18H,1H3. The van der Waals surface area contributed by atoms with Crippen LogP contribution < -0.4 is 4.72 Å². The van der Waals surface area contributed by atoms with Crippen molar-refractivity contribution in [2.75, 3.05) is 4.72 Å². The zero-order chi connectivity index (χ0) is 15.6. The third-order valence-corrected chi connectivity index (χ3v) is 5.51. The monoisotopic (exact) mass is 384 g/mol. The van der Waals surface area contributed by atoms with E-state index in [2.05, 4.69) is 20.7 Å². The van der Waals surface area contributed by atoms with Gasteiger partial charge in [-0.25, -0.2) is 8.42 Å². The summed E-state index contributed by atoms with van der Waals surface area (Å²) in [5, 5.41) is 8.93. The summed E-state index contributed by atoms with van der Waals surface area (Å²) in [4.78, 5) is -0.121. The Morgan fingerprint density at radius 1 is 1.24 bits per heavy atom. The fourth-order valence-electron chi connectivity index (χ4n) is 1.70. The summed E-state index contributed by atoms with van der Waals surface area (Å²) >= 11 is 9.27. The maximum absolute atomic E-state index is 12.4. The molecule has 4 nitrogen and oxygen atoms in total. The number of halogens is 2. The highest BCUT2D eigenvalue weighted by Gasteiger charge is 2.19. The zero-order valence-corrected chi connectivity index (χ0v) is 14.1. The molecule has 7 heteroatoms. The summed E-state index contributed by atoms with van der Waals surface area (Å²) in [6.45, 7) is 1.85. The highest BCUT2D eigenvalue weighted by Crippen LogP contribution is 2.26. The van der Waals surface area contributed by atoms with Crippen LogP contribution in [0.15, 0.2) is 45.8 Å². The molecule has 0 fully saturated rings. The molecule has 0 aromatic heterocycles. The minimum Gasteiger partial charge on any atom is -0.280 e. The molecule has 2 rings (SSSR count). The first kappa shape index (κ1) is 15.8. The number of nitrogens with zero attached hydrogens (tertiary/aromatic N) is 1. The maximum atomic E-state index is 12.4. The SMILES string of the molecule is Cc1cc(NS(=O)(=O)c2cc(C#N)ccc2Cl)ccc1Br. The third-order valence-electron chi connectivity index (χ3n) is 2.76. The Labute approximate surface area is 136 Å². The lowest BCUT2D eigenvalue weighted by Gasteiger charge is -2.11. The molecule has 0 aliphatic heterocycles. The van der Waals surface area contributed by atoms with E-state index in [0.717, 1.165) is 10.0 Å². The summed E-state index contributed by atoms with van der Waals surface area (Å²) in [6, 6.07) is 11.1.